The first-order valence-corrected chi connectivity index (χ1v) is 13.4. The molecule has 0 saturated carbocycles. The molecule has 0 saturated heterocycles. The second-order valence-electron chi connectivity index (χ2n) is 7.29. The minimum atomic E-state index is -5.76. The highest BCUT2D eigenvalue weighted by Gasteiger charge is 2.48. The zero-order valence-electron chi connectivity index (χ0n) is 17.7. The van der Waals surface area contributed by atoms with E-state index in [1.54, 1.807) is 5.38 Å². The van der Waals surface area contributed by atoms with E-state index in [1.807, 2.05) is 13.8 Å². The van der Waals surface area contributed by atoms with Gasteiger partial charge in [0.25, 0.3) is 0 Å². The molecule has 0 aliphatic rings. The number of sulfonamides is 1. The lowest BCUT2D eigenvalue weighted by Crippen LogP contribution is -2.28. The summed E-state index contributed by atoms with van der Waals surface area (Å²) in [6, 6.07) is 9.21. The largest absolute Gasteiger partial charge is 0.534 e. The molecule has 0 aliphatic carbocycles. The molecule has 0 bridgehead atoms. The molecule has 34 heavy (non-hydrogen) atoms. The van der Waals surface area contributed by atoms with Crippen LogP contribution in [0.1, 0.15) is 24.4 Å². The third-order valence-electron chi connectivity index (χ3n) is 4.26. The molecule has 14 heteroatoms. The average Bonchev–Trinajstić information content (AvgIpc) is 3.16. The van der Waals surface area contributed by atoms with E-state index >= 15 is 0 Å². The number of halogens is 3. The summed E-state index contributed by atoms with van der Waals surface area (Å²) in [4.78, 5) is 4.40. The van der Waals surface area contributed by atoms with Crippen LogP contribution >= 0.6 is 11.3 Å². The van der Waals surface area contributed by atoms with Gasteiger partial charge in [-0.15, -0.1) is 11.3 Å². The minimum Gasteiger partial charge on any atom is -0.491 e. The van der Waals surface area contributed by atoms with Crippen LogP contribution in [-0.4, -0.2) is 33.4 Å². The Morgan fingerprint density at radius 2 is 1.71 bits per heavy atom. The van der Waals surface area contributed by atoms with Crippen molar-refractivity contribution in [1.82, 2.24) is 4.98 Å². The number of nitrogens with zero attached hydrogens (tertiary/aromatic N) is 1. The van der Waals surface area contributed by atoms with Gasteiger partial charge in [-0.1, -0.05) is 0 Å². The summed E-state index contributed by atoms with van der Waals surface area (Å²) < 4.78 is 92.9. The first kappa shape index (κ1) is 25.9. The number of rotatable bonds is 8. The zero-order chi connectivity index (χ0) is 25.3. The molecule has 3 aromatic rings. The van der Waals surface area contributed by atoms with Crippen LogP contribution in [0.4, 0.5) is 13.2 Å². The SMILES string of the molecule is CC(C)Oc1ccc(S(N)(=O)=O)cc1Cc1nc(-c2ccc(OS(=O)(=O)C(F)(F)F)cc2)cs1. The fraction of sp³-hybridized carbons (Fsp3) is 0.250. The smallest absolute Gasteiger partial charge is 0.491 e. The number of hydrogen-bond donors (Lipinski definition) is 1. The fourth-order valence-corrected chi connectivity index (χ4v) is 4.63. The van der Waals surface area contributed by atoms with E-state index in [4.69, 9.17) is 9.88 Å². The molecule has 1 heterocycles. The van der Waals surface area contributed by atoms with Gasteiger partial charge in [-0.05, 0) is 56.3 Å². The first-order chi connectivity index (χ1) is 15.7. The number of benzene rings is 2. The van der Waals surface area contributed by atoms with Crippen LogP contribution in [0.15, 0.2) is 52.7 Å². The lowest BCUT2D eigenvalue weighted by Gasteiger charge is -2.14. The number of thiazole rings is 1. The fourth-order valence-electron chi connectivity index (χ4n) is 2.78. The first-order valence-electron chi connectivity index (χ1n) is 9.54. The summed E-state index contributed by atoms with van der Waals surface area (Å²) in [5.74, 6) is -0.0154. The van der Waals surface area contributed by atoms with Crippen LogP contribution in [0.25, 0.3) is 11.3 Å². The van der Waals surface area contributed by atoms with Crippen LogP contribution < -0.4 is 14.1 Å². The van der Waals surface area contributed by atoms with Crippen molar-refractivity contribution in [2.24, 2.45) is 5.14 Å². The summed E-state index contributed by atoms with van der Waals surface area (Å²) in [5.41, 5.74) is -3.98. The van der Waals surface area contributed by atoms with Gasteiger partial charge in [0.15, 0.2) is 0 Å². The highest BCUT2D eigenvalue weighted by atomic mass is 32.2. The van der Waals surface area contributed by atoms with E-state index in [9.17, 15) is 30.0 Å². The highest BCUT2D eigenvalue weighted by molar-refractivity contribution is 7.89. The summed E-state index contributed by atoms with van der Waals surface area (Å²) in [6.45, 7) is 3.65. The molecular weight excluding hydrogens is 517 g/mol. The van der Waals surface area contributed by atoms with Crippen molar-refractivity contribution < 1.29 is 38.9 Å². The zero-order valence-corrected chi connectivity index (χ0v) is 20.2. The minimum absolute atomic E-state index is 0.0696. The Morgan fingerprint density at radius 1 is 1.06 bits per heavy atom. The molecule has 0 aliphatic heterocycles. The quantitative estimate of drug-likeness (QED) is 0.340. The number of nitrogens with two attached hydrogens (primary N) is 1. The molecule has 0 atom stereocenters. The molecule has 0 spiro atoms. The lowest BCUT2D eigenvalue weighted by molar-refractivity contribution is -0.0500. The maximum Gasteiger partial charge on any atom is 0.534 e. The molecule has 0 fully saturated rings. The monoisotopic (exact) mass is 536 g/mol. The van der Waals surface area contributed by atoms with Crippen molar-refractivity contribution in [3.63, 3.8) is 0 Å². The second kappa shape index (κ2) is 9.52. The van der Waals surface area contributed by atoms with Gasteiger partial charge in [-0.2, -0.15) is 21.6 Å². The number of ether oxygens (including phenoxy) is 1. The Balaban J connectivity index is 1.83. The predicted molar refractivity (Wildman–Crippen MR) is 120 cm³/mol. The summed E-state index contributed by atoms with van der Waals surface area (Å²) in [6.07, 6.45) is 0.0778. The van der Waals surface area contributed by atoms with E-state index < -0.39 is 31.4 Å². The molecule has 0 unspecified atom stereocenters. The van der Waals surface area contributed by atoms with Gasteiger partial charge >= 0.3 is 15.6 Å². The van der Waals surface area contributed by atoms with Crippen molar-refractivity contribution in [1.29, 1.82) is 0 Å². The molecule has 1 aromatic heterocycles. The van der Waals surface area contributed by atoms with E-state index in [-0.39, 0.29) is 17.4 Å². The Kier molecular flexibility index (Phi) is 7.26. The van der Waals surface area contributed by atoms with Crippen molar-refractivity contribution in [3.05, 3.63) is 58.4 Å². The Bertz CT molecular complexity index is 1380. The molecule has 8 nitrogen and oxygen atoms in total. The Labute approximate surface area is 198 Å². The highest BCUT2D eigenvalue weighted by Crippen LogP contribution is 2.31. The van der Waals surface area contributed by atoms with Gasteiger partial charge in [-0.3, -0.25) is 0 Å². The number of aromatic nitrogens is 1. The predicted octanol–water partition coefficient (Wildman–Crippen LogP) is 4.06. The number of alkyl halides is 3. The van der Waals surface area contributed by atoms with E-state index in [1.165, 1.54) is 41.7 Å². The standard InChI is InChI=1S/C20H19F3N2O6S3/c1-12(2)30-18-8-7-16(33(24,26)27)9-14(18)10-19-25-17(11-32-19)13-3-5-15(6-4-13)31-34(28,29)20(21,22)23/h3-9,11-12H,10H2,1-2H3,(H2,24,26,27). The number of hydrogen-bond acceptors (Lipinski definition) is 8. The molecular formula is C20H19F3N2O6S3. The maximum absolute atomic E-state index is 12.5. The second-order valence-corrected chi connectivity index (χ2v) is 11.3. The Hall–Kier alpha value is -2.68. The van der Waals surface area contributed by atoms with Crippen LogP contribution in [-0.2, 0) is 26.6 Å². The summed E-state index contributed by atoms with van der Waals surface area (Å²) >= 11 is 1.27. The molecule has 184 valence electrons. The summed E-state index contributed by atoms with van der Waals surface area (Å²) in [5, 5.41) is 7.54. The van der Waals surface area contributed by atoms with Gasteiger partial charge < -0.3 is 8.92 Å². The van der Waals surface area contributed by atoms with Crippen LogP contribution in [0.3, 0.4) is 0 Å². The molecule has 0 amide bonds. The van der Waals surface area contributed by atoms with Crippen LogP contribution in [0.2, 0.25) is 0 Å². The normalized spacial score (nSPS) is 12.7. The third-order valence-corrected chi connectivity index (χ3v) is 6.99. The van der Waals surface area contributed by atoms with Crippen LogP contribution in [0, 0.1) is 0 Å². The maximum atomic E-state index is 12.5. The van der Waals surface area contributed by atoms with Crippen molar-refractivity contribution in [2.75, 3.05) is 0 Å². The van der Waals surface area contributed by atoms with Gasteiger partial charge in [-0.25, -0.2) is 18.5 Å². The van der Waals surface area contributed by atoms with Gasteiger partial charge in [0.2, 0.25) is 10.0 Å². The Morgan fingerprint density at radius 3 is 2.26 bits per heavy atom. The van der Waals surface area contributed by atoms with Crippen molar-refractivity contribution in [2.45, 2.75) is 36.8 Å². The number of primary sulfonamides is 1. The molecule has 0 radical (unpaired) electrons. The van der Waals surface area contributed by atoms with Gasteiger partial charge in [0.05, 0.1) is 21.7 Å². The van der Waals surface area contributed by atoms with Crippen LogP contribution in [0.5, 0.6) is 11.5 Å². The lowest BCUT2D eigenvalue weighted by atomic mass is 10.1. The van der Waals surface area contributed by atoms with E-state index in [2.05, 4.69) is 9.17 Å². The van der Waals surface area contributed by atoms with Crippen molar-refractivity contribution >= 4 is 31.5 Å². The van der Waals surface area contributed by atoms with E-state index in [0.29, 0.717) is 27.6 Å². The van der Waals surface area contributed by atoms with Gasteiger partial charge in [0, 0.05) is 22.9 Å². The van der Waals surface area contributed by atoms with Crippen molar-refractivity contribution in [3.8, 4) is 22.8 Å². The topological polar surface area (TPSA) is 126 Å². The van der Waals surface area contributed by atoms with Gasteiger partial charge in [0.1, 0.15) is 11.5 Å². The molecule has 2 aromatic carbocycles. The molecule has 3 rings (SSSR count). The molecule has 2 N–H and O–H groups in total. The average molecular weight is 537 g/mol. The van der Waals surface area contributed by atoms with E-state index in [0.717, 1.165) is 12.1 Å². The third kappa shape index (κ3) is 6.25. The summed E-state index contributed by atoms with van der Waals surface area (Å²) in [7, 11) is -9.69.